The topological polar surface area (TPSA) is 66.4 Å². The highest BCUT2D eigenvalue weighted by Crippen LogP contribution is 2.16. The molecule has 18 heavy (non-hydrogen) atoms. The molecule has 1 atom stereocenters. The molecule has 1 aromatic rings. The first-order valence-electron chi connectivity index (χ1n) is 5.36. The Balaban J connectivity index is 2.33. The maximum absolute atomic E-state index is 11.6. The molecule has 0 heterocycles. The van der Waals surface area contributed by atoms with Gasteiger partial charge in [-0.05, 0) is 24.3 Å². The molecule has 0 aliphatic rings. The minimum atomic E-state index is -0.854. The summed E-state index contributed by atoms with van der Waals surface area (Å²) in [6, 6.07) is 6.81. The number of carbonyl (C=O) groups excluding carboxylic acids is 1. The minimum Gasteiger partial charge on any atom is -0.481 e. The van der Waals surface area contributed by atoms with E-state index in [-0.39, 0.29) is 23.3 Å². The molecule has 0 aliphatic heterocycles. The van der Waals surface area contributed by atoms with Crippen LogP contribution in [0.2, 0.25) is 5.02 Å². The fraction of sp³-hybridized carbons (Fsp3) is 0.333. The SMILES string of the molecule is CC(CC(=O)O)SCC(=O)Nc1ccc(Cl)cc1. The van der Waals surface area contributed by atoms with E-state index in [1.165, 1.54) is 11.8 Å². The summed E-state index contributed by atoms with van der Waals surface area (Å²) < 4.78 is 0. The van der Waals surface area contributed by atoms with Gasteiger partial charge in [0.1, 0.15) is 0 Å². The number of anilines is 1. The van der Waals surface area contributed by atoms with Crippen LogP contribution in [0.25, 0.3) is 0 Å². The van der Waals surface area contributed by atoms with Crippen LogP contribution in [0.1, 0.15) is 13.3 Å². The van der Waals surface area contributed by atoms with Crippen molar-refractivity contribution in [2.45, 2.75) is 18.6 Å². The molecule has 1 unspecified atom stereocenters. The maximum atomic E-state index is 11.6. The van der Waals surface area contributed by atoms with E-state index in [4.69, 9.17) is 16.7 Å². The highest BCUT2D eigenvalue weighted by molar-refractivity contribution is 8.00. The number of benzene rings is 1. The summed E-state index contributed by atoms with van der Waals surface area (Å²) in [7, 11) is 0. The van der Waals surface area contributed by atoms with Crippen molar-refractivity contribution >= 4 is 40.9 Å². The van der Waals surface area contributed by atoms with Crippen molar-refractivity contribution in [1.82, 2.24) is 0 Å². The molecule has 0 spiro atoms. The molecule has 98 valence electrons. The Labute approximate surface area is 115 Å². The van der Waals surface area contributed by atoms with Gasteiger partial charge in [-0.25, -0.2) is 0 Å². The number of carboxylic acid groups (broad SMARTS) is 1. The molecule has 4 nitrogen and oxygen atoms in total. The predicted octanol–water partition coefficient (Wildman–Crippen LogP) is 2.87. The Morgan fingerprint density at radius 2 is 2.00 bits per heavy atom. The monoisotopic (exact) mass is 287 g/mol. The minimum absolute atomic E-state index is 0.0545. The van der Waals surface area contributed by atoms with Gasteiger partial charge in [-0.3, -0.25) is 9.59 Å². The number of nitrogens with one attached hydrogen (secondary N) is 1. The van der Waals surface area contributed by atoms with Crippen LogP contribution in [-0.4, -0.2) is 28.0 Å². The fourth-order valence-electron chi connectivity index (χ4n) is 1.25. The van der Waals surface area contributed by atoms with E-state index in [9.17, 15) is 9.59 Å². The van der Waals surface area contributed by atoms with Crippen molar-refractivity contribution < 1.29 is 14.7 Å². The van der Waals surface area contributed by atoms with Crippen LogP contribution in [0.4, 0.5) is 5.69 Å². The van der Waals surface area contributed by atoms with E-state index < -0.39 is 5.97 Å². The number of aliphatic carboxylic acids is 1. The molecule has 1 amide bonds. The van der Waals surface area contributed by atoms with E-state index in [0.717, 1.165) is 0 Å². The van der Waals surface area contributed by atoms with Crippen LogP contribution in [-0.2, 0) is 9.59 Å². The number of halogens is 1. The highest BCUT2D eigenvalue weighted by Gasteiger charge is 2.10. The average Bonchev–Trinajstić information content (AvgIpc) is 2.29. The van der Waals surface area contributed by atoms with Gasteiger partial charge in [-0.1, -0.05) is 18.5 Å². The molecule has 0 aromatic heterocycles. The Morgan fingerprint density at radius 1 is 1.39 bits per heavy atom. The van der Waals surface area contributed by atoms with Crippen molar-refractivity contribution in [2.24, 2.45) is 0 Å². The summed E-state index contributed by atoms with van der Waals surface area (Å²) in [5.41, 5.74) is 0.677. The maximum Gasteiger partial charge on any atom is 0.304 e. The summed E-state index contributed by atoms with van der Waals surface area (Å²) in [4.78, 5) is 22.0. The predicted molar refractivity (Wildman–Crippen MR) is 74.3 cm³/mol. The van der Waals surface area contributed by atoms with Crippen molar-refractivity contribution in [3.63, 3.8) is 0 Å². The third-order valence-corrected chi connectivity index (χ3v) is 3.51. The molecular weight excluding hydrogens is 274 g/mol. The lowest BCUT2D eigenvalue weighted by Crippen LogP contribution is -2.16. The third-order valence-electron chi connectivity index (χ3n) is 2.09. The highest BCUT2D eigenvalue weighted by atomic mass is 35.5. The molecule has 1 aromatic carbocycles. The molecule has 2 N–H and O–H groups in total. The smallest absolute Gasteiger partial charge is 0.304 e. The Hall–Kier alpha value is -1.20. The summed E-state index contributed by atoms with van der Waals surface area (Å²) in [5.74, 6) is -0.774. The lowest BCUT2D eigenvalue weighted by molar-refractivity contribution is -0.136. The van der Waals surface area contributed by atoms with Crippen molar-refractivity contribution in [3.05, 3.63) is 29.3 Å². The standard InChI is InChI=1S/C12H14ClNO3S/c1-8(6-12(16)17)18-7-11(15)14-10-4-2-9(13)3-5-10/h2-5,8H,6-7H2,1H3,(H,14,15)(H,16,17). The number of thioether (sulfide) groups is 1. The third kappa shape index (κ3) is 5.93. The van der Waals surface area contributed by atoms with E-state index in [1.54, 1.807) is 31.2 Å². The van der Waals surface area contributed by atoms with Gasteiger partial charge in [-0.15, -0.1) is 11.8 Å². The molecular formula is C12H14ClNO3S. The van der Waals surface area contributed by atoms with Crippen LogP contribution in [0.15, 0.2) is 24.3 Å². The first kappa shape index (κ1) is 14.9. The van der Waals surface area contributed by atoms with E-state index in [0.29, 0.717) is 10.7 Å². The van der Waals surface area contributed by atoms with Gasteiger partial charge >= 0.3 is 5.97 Å². The van der Waals surface area contributed by atoms with Crippen molar-refractivity contribution in [2.75, 3.05) is 11.1 Å². The molecule has 0 radical (unpaired) electrons. The molecule has 1 rings (SSSR count). The number of carbonyl (C=O) groups is 2. The molecule has 0 saturated heterocycles. The van der Waals surface area contributed by atoms with Crippen LogP contribution >= 0.6 is 23.4 Å². The zero-order valence-electron chi connectivity index (χ0n) is 9.85. The van der Waals surface area contributed by atoms with Crippen LogP contribution < -0.4 is 5.32 Å². The zero-order chi connectivity index (χ0) is 13.5. The summed E-state index contributed by atoms with van der Waals surface area (Å²) in [6.07, 6.45) is 0.0545. The quantitative estimate of drug-likeness (QED) is 0.844. The zero-order valence-corrected chi connectivity index (χ0v) is 11.4. The van der Waals surface area contributed by atoms with Gasteiger partial charge in [0.25, 0.3) is 0 Å². The Kier molecular flexibility index (Phi) is 6.01. The number of carboxylic acids is 1. The van der Waals surface area contributed by atoms with Gasteiger partial charge < -0.3 is 10.4 Å². The lowest BCUT2D eigenvalue weighted by Gasteiger charge is -2.09. The van der Waals surface area contributed by atoms with Gasteiger partial charge in [0, 0.05) is 16.0 Å². The van der Waals surface area contributed by atoms with Crippen molar-refractivity contribution in [1.29, 1.82) is 0 Å². The van der Waals surface area contributed by atoms with Crippen LogP contribution in [0.5, 0.6) is 0 Å². The van der Waals surface area contributed by atoms with Crippen LogP contribution in [0, 0.1) is 0 Å². The normalized spacial score (nSPS) is 11.9. The van der Waals surface area contributed by atoms with E-state index >= 15 is 0 Å². The summed E-state index contributed by atoms with van der Waals surface area (Å²) >= 11 is 7.04. The van der Waals surface area contributed by atoms with E-state index in [2.05, 4.69) is 5.32 Å². The first-order chi connectivity index (χ1) is 8.47. The average molecular weight is 288 g/mol. The Bertz CT molecular complexity index is 422. The molecule has 0 bridgehead atoms. The second-order valence-corrected chi connectivity index (χ2v) is 5.64. The fourth-order valence-corrected chi connectivity index (χ4v) is 2.15. The summed E-state index contributed by atoms with van der Waals surface area (Å²) in [5, 5.41) is 11.8. The van der Waals surface area contributed by atoms with Gasteiger partial charge in [-0.2, -0.15) is 0 Å². The first-order valence-corrected chi connectivity index (χ1v) is 6.79. The Morgan fingerprint density at radius 3 is 2.56 bits per heavy atom. The second-order valence-electron chi connectivity index (χ2n) is 3.77. The second kappa shape index (κ2) is 7.28. The number of hydrogen-bond acceptors (Lipinski definition) is 3. The number of rotatable bonds is 6. The van der Waals surface area contributed by atoms with Crippen LogP contribution in [0.3, 0.4) is 0 Å². The molecule has 0 aliphatic carbocycles. The number of hydrogen-bond donors (Lipinski definition) is 2. The van der Waals surface area contributed by atoms with E-state index in [1.807, 2.05) is 0 Å². The lowest BCUT2D eigenvalue weighted by atomic mass is 10.3. The largest absolute Gasteiger partial charge is 0.481 e. The molecule has 0 fully saturated rings. The number of amides is 1. The van der Waals surface area contributed by atoms with Gasteiger partial charge in [0.15, 0.2) is 0 Å². The molecule has 0 saturated carbocycles. The van der Waals surface area contributed by atoms with Gasteiger partial charge in [0.05, 0.1) is 12.2 Å². The molecule has 6 heteroatoms. The van der Waals surface area contributed by atoms with Gasteiger partial charge in [0.2, 0.25) is 5.91 Å². The van der Waals surface area contributed by atoms with Crippen molar-refractivity contribution in [3.8, 4) is 0 Å². The summed E-state index contributed by atoms with van der Waals surface area (Å²) in [6.45, 7) is 1.79.